The van der Waals surface area contributed by atoms with Crippen molar-refractivity contribution in [3.63, 3.8) is 0 Å². The Hall–Kier alpha value is -3.85. The molecule has 0 aromatic heterocycles. The highest BCUT2D eigenvalue weighted by atomic mass is 19.1. The van der Waals surface area contributed by atoms with Crippen molar-refractivity contribution in [3.05, 3.63) is 83.2 Å². The summed E-state index contributed by atoms with van der Waals surface area (Å²) in [6.07, 6.45) is 2.69. The third-order valence-electron chi connectivity index (χ3n) is 6.85. The van der Waals surface area contributed by atoms with E-state index < -0.39 is 11.4 Å². The zero-order valence-corrected chi connectivity index (χ0v) is 21.5. The first-order valence-corrected chi connectivity index (χ1v) is 12.5. The smallest absolute Gasteiger partial charge is 0.303 e. The standard InChI is InChI=1S/C31H32FNO4/c1-31(2,19-33)17-23-14-25(9-11-26(23)28-15-24(36-3)10-12-29(28)32)37-18-20-5-4-6-22(13-20)27(16-30(34)35)21-7-8-21/h4-6,9-15,21,27H,7-8,16-18H2,1-3H3,(H,34,35). The maximum absolute atomic E-state index is 14.8. The van der Waals surface area contributed by atoms with Crippen LogP contribution in [0.15, 0.2) is 60.7 Å². The number of rotatable bonds is 11. The van der Waals surface area contributed by atoms with Gasteiger partial charge in [-0.2, -0.15) is 5.26 Å². The summed E-state index contributed by atoms with van der Waals surface area (Å²) in [7, 11) is 1.54. The fraction of sp³-hybridized carbons (Fsp3) is 0.355. The van der Waals surface area contributed by atoms with E-state index in [2.05, 4.69) is 6.07 Å². The molecule has 0 amide bonds. The third kappa shape index (κ3) is 6.68. The highest BCUT2D eigenvalue weighted by molar-refractivity contribution is 5.71. The second-order valence-corrected chi connectivity index (χ2v) is 10.4. The van der Waals surface area contributed by atoms with Gasteiger partial charge in [0.25, 0.3) is 0 Å². The second kappa shape index (κ2) is 11.0. The molecule has 0 spiro atoms. The summed E-state index contributed by atoms with van der Waals surface area (Å²) >= 11 is 0. The van der Waals surface area contributed by atoms with Crippen LogP contribution in [-0.2, 0) is 17.8 Å². The van der Waals surface area contributed by atoms with Gasteiger partial charge in [-0.15, -0.1) is 0 Å². The maximum Gasteiger partial charge on any atom is 0.303 e. The SMILES string of the molecule is COc1ccc(F)c(-c2ccc(OCc3cccc(C(CC(=O)O)C4CC4)c3)cc2CC(C)(C)C#N)c1. The first kappa shape index (κ1) is 26.2. The van der Waals surface area contributed by atoms with Gasteiger partial charge in [0, 0.05) is 5.56 Å². The monoisotopic (exact) mass is 501 g/mol. The van der Waals surface area contributed by atoms with Crippen LogP contribution in [0.2, 0.25) is 0 Å². The van der Waals surface area contributed by atoms with E-state index in [0.29, 0.717) is 41.6 Å². The van der Waals surface area contributed by atoms with Crippen molar-refractivity contribution in [2.24, 2.45) is 11.3 Å². The summed E-state index contributed by atoms with van der Waals surface area (Å²) in [5.74, 6) is 0.477. The Morgan fingerprint density at radius 2 is 1.86 bits per heavy atom. The number of nitriles is 1. The molecule has 0 saturated heterocycles. The topological polar surface area (TPSA) is 79.6 Å². The number of hydrogen-bond donors (Lipinski definition) is 1. The van der Waals surface area contributed by atoms with Crippen LogP contribution in [0.1, 0.15) is 55.7 Å². The molecule has 1 atom stereocenters. The Morgan fingerprint density at radius 3 is 2.54 bits per heavy atom. The third-order valence-corrected chi connectivity index (χ3v) is 6.85. The molecule has 5 nitrogen and oxygen atoms in total. The quantitative estimate of drug-likeness (QED) is 0.302. The summed E-state index contributed by atoms with van der Waals surface area (Å²) in [6, 6.07) is 20.4. The van der Waals surface area contributed by atoms with Crippen molar-refractivity contribution >= 4 is 5.97 Å². The number of benzene rings is 3. The lowest BCUT2D eigenvalue weighted by Crippen LogP contribution is -2.13. The number of aliphatic carboxylic acids is 1. The highest BCUT2D eigenvalue weighted by Crippen LogP contribution is 2.44. The van der Waals surface area contributed by atoms with Crippen molar-refractivity contribution in [1.82, 2.24) is 0 Å². The molecular weight excluding hydrogens is 469 g/mol. The number of carbonyl (C=O) groups is 1. The van der Waals surface area contributed by atoms with Gasteiger partial charge in [0.05, 0.1) is 25.0 Å². The van der Waals surface area contributed by atoms with Crippen molar-refractivity contribution in [1.29, 1.82) is 5.26 Å². The van der Waals surface area contributed by atoms with Crippen molar-refractivity contribution in [2.45, 2.75) is 52.1 Å². The molecule has 37 heavy (non-hydrogen) atoms. The molecule has 0 heterocycles. The molecule has 0 radical (unpaired) electrons. The molecule has 6 heteroatoms. The van der Waals surface area contributed by atoms with E-state index >= 15 is 0 Å². The van der Waals surface area contributed by atoms with E-state index in [-0.39, 0.29) is 18.2 Å². The van der Waals surface area contributed by atoms with Crippen LogP contribution in [0.3, 0.4) is 0 Å². The number of methoxy groups -OCH3 is 1. The Bertz CT molecular complexity index is 1320. The second-order valence-electron chi connectivity index (χ2n) is 10.4. The van der Waals surface area contributed by atoms with Crippen LogP contribution in [0.25, 0.3) is 11.1 Å². The molecule has 1 unspecified atom stereocenters. The number of carboxylic acid groups (broad SMARTS) is 1. The Labute approximate surface area is 217 Å². The molecule has 4 rings (SSSR count). The summed E-state index contributed by atoms with van der Waals surface area (Å²) in [5, 5.41) is 19.0. The van der Waals surface area contributed by atoms with Gasteiger partial charge in [0.1, 0.15) is 23.9 Å². The summed E-state index contributed by atoms with van der Waals surface area (Å²) in [6.45, 7) is 4.02. The highest BCUT2D eigenvalue weighted by Gasteiger charge is 2.33. The van der Waals surface area contributed by atoms with Gasteiger partial charge in [-0.05, 0) is 97.5 Å². The lowest BCUT2D eigenvalue weighted by molar-refractivity contribution is -0.137. The number of hydrogen-bond acceptors (Lipinski definition) is 4. The number of ether oxygens (including phenoxy) is 2. The number of halogens is 1. The van der Waals surface area contributed by atoms with Crippen LogP contribution in [0.4, 0.5) is 4.39 Å². The average Bonchev–Trinajstić information content (AvgIpc) is 3.72. The molecule has 1 fully saturated rings. The minimum absolute atomic E-state index is 0.0225. The molecule has 3 aromatic rings. The molecule has 192 valence electrons. The fourth-order valence-corrected chi connectivity index (χ4v) is 4.75. The first-order valence-electron chi connectivity index (χ1n) is 12.5. The van der Waals surface area contributed by atoms with E-state index in [0.717, 1.165) is 29.5 Å². The Morgan fingerprint density at radius 1 is 1.11 bits per heavy atom. The lowest BCUT2D eigenvalue weighted by Gasteiger charge is -2.20. The van der Waals surface area contributed by atoms with Crippen LogP contribution < -0.4 is 9.47 Å². The molecule has 0 bridgehead atoms. The zero-order valence-electron chi connectivity index (χ0n) is 21.5. The zero-order chi connectivity index (χ0) is 26.6. The fourth-order valence-electron chi connectivity index (χ4n) is 4.75. The predicted molar refractivity (Wildman–Crippen MR) is 140 cm³/mol. The van der Waals surface area contributed by atoms with Gasteiger partial charge in [-0.1, -0.05) is 30.3 Å². The normalized spacial score (nSPS) is 14.0. The van der Waals surface area contributed by atoms with Crippen molar-refractivity contribution in [3.8, 4) is 28.7 Å². The van der Waals surface area contributed by atoms with E-state index in [1.54, 1.807) is 18.2 Å². The van der Waals surface area contributed by atoms with Crippen LogP contribution in [-0.4, -0.2) is 18.2 Å². The molecule has 1 aliphatic rings. The number of nitrogens with zero attached hydrogens (tertiary/aromatic N) is 1. The average molecular weight is 502 g/mol. The van der Waals surface area contributed by atoms with Gasteiger partial charge in [-0.3, -0.25) is 4.79 Å². The summed E-state index contributed by atoms with van der Waals surface area (Å²) < 4.78 is 26.2. The Kier molecular flexibility index (Phi) is 7.83. The summed E-state index contributed by atoms with van der Waals surface area (Å²) in [4.78, 5) is 11.4. The maximum atomic E-state index is 14.8. The van der Waals surface area contributed by atoms with Crippen LogP contribution in [0.5, 0.6) is 11.5 Å². The van der Waals surface area contributed by atoms with Gasteiger partial charge in [0.15, 0.2) is 0 Å². The minimum atomic E-state index is -0.779. The number of carboxylic acids is 1. The molecule has 0 aliphatic heterocycles. The van der Waals surface area contributed by atoms with Crippen molar-refractivity contribution < 1.29 is 23.8 Å². The van der Waals surface area contributed by atoms with Gasteiger partial charge >= 0.3 is 5.97 Å². The molecular formula is C31H32FNO4. The molecule has 1 aliphatic carbocycles. The largest absolute Gasteiger partial charge is 0.497 e. The Balaban J connectivity index is 1.59. The minimum Gasteiger partial charge on any atom is -0.497 e. The van der Waals surface area contributed by atoms with E-state index in [4.69, 9.17) is 9.47 Å². The molecule has 1 N–H and O–H groups in total. The van der Waals surface area contributed by atoms with Crippen molar-refractivity contribution in [2.75, 3.05) is 7.11 Å². The van der Waals surface area contributed by atoms with E-state index in [1.807, 2.05) is 50.2 Å². The van der Waals surface area contributed by atoms with E-state index in [9.17, 15) is 19.6 Å². The summed E-state index contributed by atoms with van der Waals surface area (Å²) in [5.41, 5.74) is 3.24. The lowest BCUT2D eigenvalue weighted by atomic mass is 9.84. The predicted octanol–water partition coefficient (Wildman–Crippen LogP) is 7.14. The van der Waals surface area contributed by atoms with E-state index in [1.165, 1.54) is 13.2 Å². The molecule has 1 saturated carbocycles. The van der Waals surface area contributed by atoms with Gasteiger partial charge < -0.3 is 14.6 Å². The van der Waals surface area contributed by atoms with Gasteiger partial charge in [-0.25, -0.2) is 4.39 Å². The van der Waals surface area contributed by atoms with Crippen LogP contribution in [0, 0.1) is 28.5 Å². The first-order chi connectivity index (χ1) is 17.7. The van der Waals surface area contributed by atoms with Gasteiger partial charge in [0.2, 0.25) is 0 Å². The molecule has 3 aromatic carbocycles. The van der Waals surface area contributed by atoms with Crippen LogP contribution >= 0.6 is 0 Å².